The molecule has 0 bridgehead atoms. The summed E-state index contributed by atoms with van der Waals surface area (Å²) in [6.45, 7) is 4.00. The van der Waals surface area contributed by atoms with E-state index < -0.39 is 0 Å². The highest BCUT2D eigenvalue weighted by Gasteiger charge is 2.28. The summed E-state index contributed by atoms with van der Waals surface area (Å²) in [5.41, 5.74) is 8.60. The van der Waals surface area contributed by atoms with Gasteiger partial charge in [-0.2, -0.15) is 0 Å². The third kappa shape index (κ3) is 3.10. The molecule has 0 spiro atoms. The summed E-state index contributed by atoms with van der Waals surface area (Å²) >= 11 is 0. The predicted molar refractivity (Wildman–Crippen MR) is 79.8 cm³/mol. The van der Waals surface area contributed by atoms with Crippen molar-refractivity contribution >= 4 is 0 Å². The fourth-order valence-electron chi connectivity index (χ4n) is 3.26. The van der Waals surface area contributed by atoms with E-state index in [9.17, 15) is 0 Å². The number of rotatable bonds is 4. The Balaban J connectivity index is 2.23. The van der Waals surface area contributed by atoms with Gasteiger partial charge in [-0.25, -0.2) is 0 Å². The van der Waals surface area contributed by atoms with Crippen LogP contribution < -0.4 is 10.5 Å². The molecule has 2 rings (SSSR count). The first-order chi connectivity index (χ1) is 9.17. The van der Waals surface area contributed by atoms with Crippen LogP contribution in [-0.4, -0.2) is 38.2 Å². The highest BCUT2D eigenvalue weighted by Crippen LogP contribution is 2.31. The number of ether oxygens (including phenoxy) is 1. The number of nitrogens with zero attached hydrogens (tertiary/aromatic N) is 1. The molecule has 1 saturated heterocycles. The minimum absolute atomic E-state index is 0.426. The van der Waals surface area contributed by atoms with Gasteiger partial charge in [0.1, 0.15) is 5.75 Å². The minimum Gasteiger partial charge on any atom is -0.496 e. The molecule has 106 valence electrons. The summed E-state index contributed by atoms with van der Waals surface area (Å²) in [6.07, 6.45) is 3.88. The maximum atomic E-state index is 6.06. The maximum Gasteiger partial charge on any atom is 0.121 e. The number of hydrogen-bond acceptors (Lipinski definition) is 3. The van der Waals surface area contributed by atoms with Crippen molar-refractivity contribution in [2.24, 2.45) is 5.73 Å². The highest BCUT2D eigenvalue weighted by atomic mass is 16.5. The second-order valence-electron chi connectivity index (χ2n) is 5.61. The van der Waals surface area contributed by atoms with Crippen LogP contribution in [0.4, 0.5) is 0 Å². The van der Waals surface area contributed by atoms with E-state index in [2.05, 4.69) is 37.1 Å². The highest BCUT2D eigenvalue weighted by molar-refractivity contribution is 5.38. The Bertz CT molecular complexity index is 419. The van der Waals surface area contributed by atoms with Crippen molar-refractivity contribution in [3.63, 3.8) is 0 Å². The normalized spacial score (nSPS) is 22.2. The van der Waals surface area contributed by atoms with Gasteiger partial charge in [-0.05, 0) is 50.6 Å². The zero-order valence-corrected chi connectivity index (χ0v) is 12.4. The lowest BCUT2D eigenvalue weighted by molar-refractivity contribution is 0.160. The van der Waals surface area contributed by atoms with E-state index in [0.29, 0.717) is 18.5 Å². The van der Waals surface area contributed by atoms with Crippen LogP contribution in [0.25, 0.3) is 0 Å². The Morgan fingerprint density at radius 1 is 1.42 bits per heavy atom. The molecule has 0 aliphatic carbocycles. The van der Waals surface area contributed by atoms with E-state index in [4.69, 9.17) is 10.5 Å². The van der Waals surface area contributed by atoms with E-state index in [1.165, 1.54) is 36.9 Å². The minimum atomic E-state index is 0.426. The van der Waals surface area contributed by atoms with Gasteiger partial charge in [0.15, 0.2) is 0 Å². The van der Waals surface area contributed by atoms with Crippen LogP contribution >= 0.6 is 0 Å². The summed E-state index contributed by atoms with van der Waals surface area (Å²) in [6, 6.07) is 7.05. The van der Waals surface area contributed by atoms with Gasteiger partial charge in [-0.1, -0.05) is 18.6 Å². The molecule has 2 N–H and O–H groups in total. The second-order valence-corrected chi connectivity index (χ2v) is 5.61. The van der Waals surface area contributed by atoms with E-state index >= 15 is 0 Å². The van der Waals surface area contributed by atoms with Crippen molar-refractivity contribution in [2.45, 2.75) is 38.1 Å². The number of nitrogens with two attached hydrogens (primary N) is 1. The summed E-state index contributed by atoms with van der Waals surface area (Å²) in [5.74, 6) is 1.38. The molecule has 1 aliphatic rings. The van der Waals surface area contributed by atoms with Crippen molar-refractivity contribution in [1.29, 1.82) is 0 Å². The number of benzene rings is 1. The van der Waals surface area contributed by atoms with Gasteiger partial charge in [0.2, 0.25) is 0 Å². The summed E-state index contributed by atoms with van der Waals surface area (Å²) in [5, 5.41) is 0. The SMILES string of the molecule is COc1ccc(C(CN)C2CCCCN2C)cc1C. The smallest absolute Gasteiger partial charge is 0.121 e. The summed E-state index contributed by atoms with van der Waals surface area (Å²) in [4.78, 5) is 2.47. The third-order valence-corrected chi connectivity index (χ3v) is 4.39. The van der Waals surface area contributed by atoms with Gasteiger partial charge in [-0.3, -0.25) is 0 Å². The van der Waals surface area contributed by atoms with E-state index in [1.807, 2.05) is 0 Å². The molecule has 1 aromatic carbocycles. The van der Waals surface area contributed by atoms with Crippen LogP contribution in [0.2, 0.25) is 0 Å². The number of piperidine rings is 1. The zero-order valence-electron chi connectivity index (χ0n) is 12.4. The molecular formula is C16H26N2O. The van der Waals surface area contributed by atoms with E-state index in [0.717, 1.165) is 5.75 Å². The van der Waals surface area contributed by atoms with Gasteiger partial charge in [0, 0.05) is 18.5 Å². The molecule has 19 heavy (non-hydrogen) atoms. The lowest BCUT2D eigenvalue weighted by Crippen LogP contribution is -2.42. The molecule has 3 nitrogen and oxygen atoms in total. The molecular weight excluding hydrogens is 236 g/mol. The Labute approximate surface area is 116 Å². The predicted octanol–water partition coefficient (Wildman–Crippen LogP) is 2.53. The maximum absolute atomic E-state index is 6.06. The monoisotopic (exact) mass is 262 g/mol. The summed E-state index contributed by atoms with van der Waals surface area (Å²) < 4.78 is 5.34. The second kappa shape index (κ2) is 6.40. The Morgan fingerprint density at radius 3 is 2.79 bits per heavy atom. The molecule has 0 saturated carbocycles. The van der Waals surface area contributed by atoms with Gasteiger partial charge < -0.3 is 15.4 Å². The number of hydrogen-bond donors (Lipinski definition) is 1. The van der Waals surface area contributed by atoms with Crippen LogP contribution in [0.15, 0.2) is 18.2 Å². The molecule has 2 unspecified atom stereocenters. The number of likely N-dealkylation sites (tertiary alicyclic amines) is 1. The molecule has 1 fully saturated rings. The van der Waals surface area contributed by atoms with Crippen LogP contribution in [0.5, 0.6) is 5.75 Å². The molecule has 0 radical (unpaired) electrons. The van der Waals surface area contributed by atoms with Crippen LogP contribution in [0.1, 0.15) is 36.3 Å². The first-order valence-corrected chi connectivity index (χ1v) is 7.22. The van der Waals surface area contributed by atoms with Crippen molar-refractivity contribution in [3.05, 3.63) is 29.3 Å². The molecule has 1 aromatic rings. The van der Waals surface area contributed by atoms with E-state index in [1.54, 1.807) is 7.11 Å². The molecule has 1 heterocycles. The number of aryl methyl sites for hydroxylation is 1. The van der Waals surface area contributed by atoms with Crippen molar-refractivity contribution in [1.82, 2.24) is 4.90 Å². The molecule has 2 atom stereocenters. The van der Waals surface area contributed by atoms with Gasteiger partial charge >= 0.3 is 0 Å². The molecule has 0 aromatic heterocycles. The standard InChI is InChI=1S/C16H26N2O/c1-12-10-13(7-8-16(12)19-3)14(11-17)15-6-4-5-9-18(15)2/h7-8,10,14-15H,4-6,9,11,17H2,1-3H3. The van der Waals surface area contributed by atoms with Crippen molar-refractivity contribution in [3.8, 4) is 5.75 Å². The Kier molecular flexibility index (Phi) is 4.83. The van der Waals surface area contributed by atoms with Gasteiger partial charge in [0.25, 0.3) is 0 Å². The van der Waals surface area contributed by atoms with Crippen molar-refractivity contribution < 1.29 is 4.74 Å². The summed E-state index contributed by atoms with van der Waals surface area (Å²) in [7, 11) is 3.94. The lowest BCUT2D eigenvalue weighted by Gasteiger charge is -2.38. The quantitative estimate of drug-likeness (QED) is 0.906. The van der Waals surface area contributed by atoms with Crippen LogP contribution in [0, 0.1) is 6.92 Å². The zero-order chi connectivity index (χ0) is 13.8. The number of methoxy groups -OCH3 is 1. The fourth-order valence-corrected chi connectivity index (χ4v) is 3.26. The number of likely N-dealkylation sites (N-methyl/N-ethyl adjacent to an activating group) is 1. The largest absolute Gasteiger partial charge is 0.496 e. The third-order valence-electron chi connectivity index (χ3n) is 4.39. The molecule has 1 aliphatic heterocycles. The average Bonchev–Trinajstić information content (AvgIpc) is 2.42. The van der Waals surface area contributed by atoms with E-state index in [-0.39, 0.29) is 0 Å². The first kappa shape index (κ1) is 14.4. The first-order valence-electron chi connectivity index (χ1n) is 7.22. The molecule has 0 amide bonds. The van der Waals surface area contributed by atoms with Gasteiger partial charge in [0.05, 0.1) is 7.11 Å². The van der Waals surface area contributed by atoms with Crippen LogP contribution in [0.3, 0.4) is 0 Å². The fraction of sp³-hybridized carbons (Fsp3) is 0.625. The van der Waals surface area contributed by atoms with Gasteiger partial charge in [-0.15, -0.1) is 0 Å². The van der Waals surface area contributed by atoms with Crippen LogP contribution in [-0.2, 0) is 0 Å². The topological polar surface area (TPSA) is 38.5 Å². The molecule has 3 heteroatoms. The lowest BCUT2D eigenvalue weighted by atomic mass is 9.85. The Hall–Kier alpha value is -1.06. The average molecular weight is 262 g/mol. The van der Waals surface area contributed by atoms with Crippen molar-refractivity contribution in [2.75, 3.05) is 27.2 Å². The Morgan fingerprint density at radius 2 is 2.21 bits per heavy atom.